The van der Waals surface area contributed by atoms with Crippen molar-refractivity contribution in [3.63, 3.8) is 0 Å². The van der Waals surface area contributed by atoms with Gasteiger partial charge in [0.15, 0.2) is 11.5 Å². The number of halogens is 1. The molecular weight excluding hydrogens is 316 g/mol. The maximum atomic E-state index is 12.6. The van der Waals surface area contributed by atoms with Gasteiger partial charge in [-0.15, -0.1) is 12.4 Å². The summed E-state index contributed by atoms with van der Waals surface area (Å²) in [5.41, 5.74) is 1.23. The van der Waals surface area contributed by atoms with E-state index in [0.717, 1.165) is 37.9 Å². The van der Waals surface area contributed by atoms with E-state index in [1.54, 1.807) is 17.0 Å². The van der Waals surface area contributed by atoms with E-state index >= 15 is 0 Å². The SMILES string of the molecule is COc1cc(CN(C)C(=O)C2CC23CCNCC3)ccc1O.Cl. The van der Waals surface area contributed by atoms with Crippen LogP contribution in [0.4, 0.5) is 0 Å². The number of hydrogen-bond acceptors (Lipinski definition) is 4. The van der Waals surface area contributed by atoms with Crippen LogP contribution in [0.2, 0.25) is 0 Å². The number of nitrogens with one attached hydrogen (secondary N) is 1. The molecule has 1 atom stereocenters. The fourth-order valence-electron chi connectivity index (χ4n) is 3.61. The molecule has 1 aromatic rings. The van der Waals surface area contributed by atoms with Crippen LogP contribution in [-0.2, 0) is 11.3 Å². The predicted molar refractivity (Wildman–Crippen MR) is 91.0 cm³/mol. The molecule has 5 nitrogen and oxygen atoms in total. The molecule has 1 saturated heterocycles. The minimum Gasteiger partial charge on any atom is -0.504 e. The fourth-order valence-corrected chi connectivity index (χ4v) is 3.61. The standard InChI is InChI=1S/C17H24N2O3.ClH/c1-19(11-12-3-4-14(20)15(9-12)22-2)16(21)13-10-17(13)5-7-18-8-6-17;/h3-4,9,13,18,20H,5-8,10-11H2,1-2H3;1H. The monoisotopic (exact) mass is 340 g/mol. The van der Waals surface area contributed by atoms with Crippen molar-refractivity contribution < 1.29 is 14.6 Å². The van der Waals surface area contributed by atoms with Gasteiger partial charge < -0.3 is 20.1 Å². The highest BCUT2D eigenvalue weighted by molar-refractivity contribution is 5.85. The number of piperidine rings is 1. The van der Waals surface area contributed by atoms with Crippen LogP contribution in [0.3, 0.4) is 0 Å². The zero-order chi connectivity index (χ0) is 15.7. The van der Waals surface area contributed by atoms with E-state index in [9.17, 15) is 9.90 Å². The van der Waals surface area contributed by atoms with Gasteiger partial charge in [-0.05, 0) is 55.5 Å². The molecule has 0 aromatic heterocycles. The number of carbonyl (C=O) groups excluding carboxylic acids is 1. The van der Waals surface area contributed by atoms with E-state index in [1.807, 2.05) is 13.1 Å². The molecule has 128 valence electrons. The number of nitrogens with zero attached hydrogens (tertiary/aromatic N) is 1. The van der Waals surface area contributed by atoms with Crippen LogP contribution in [0, 0.1) is 11.3 Å². The van der Waals surface area contributed by atoms with E-state index in [-0.39, 0.29) is 35.4 Å². The lowest BCUT2D eigenvalue weighted by Crippen LogP contribution is -2.34. The van der Waals surface area contributed by atoms with E-state index in [1.165, 1.54) is 7.11 Å². The molecule has 0 radical (unpaired) electrons. The van der Waals surface area contributed by atoms with Crippen molar-refractivity contribution >= 4 is 18.3 Å². The van der Waals surface area contributed by atoms with Crippen LogP contribution in [0.1, 0.15) is 24.8 Å². The molecule has 1 amide bonds. The van der Waals surface area contributed by atoms with Gasteiger partial charge in [-0.3, -0.25) is 4.79 Å². The molecule has 23 heavy (non-hydrogen) atoms. The zero-order valence-corrected chi connectivity index (χ0v) is 14.5. The molecule has 6 heteroatoms. The molecule has 0 bridgehead atoms. The molecule has 1 heterocycles. The van der Waals surface area contributed by atoms with Gasteiger partial charge in [-0.1, -0.05) is 6.07 Å². The van der Waals surface area contributed by atoms with E-state index in [0.29, 0.717) is 12.3 Å². The Morgan fingerprint density at radius 2 is 2.13 bits per heavy atom. The molecule has 3 rings (SSSR count). The van der Waals surface area contributed by atoms with Crippen molar-refractivity contribution in [3.05, 3.63) is 23.8 Å². The fraction of sp³-hybridized carbons (Fsp3) is 0.588. The smallest absolute Gasteiger partial charge is 0.226 e. The third-order valence-corrected chi connectivity index (χ3v) is 5.13. The Balaban J connectivity index is 0.00000192. The first-order valence-corrected chi connectivity index (χ1v) is 7.87. The number of carbonyl (C=O) groups is 1. The number of benzene rings is 1. The van der Waals surface area contributed by atoms with Crippen molar-refractivity contribution in [2.75, 3.05) is 27.2 Å². The van der Waals surface area contributed by atoms with E-state index < -0.39 is 0 Å². The molecule has 2 fully saturated rings. The summed E-state index contributed by atoms with van der Waals surface area (Å²) in [6, 6.07) is 5.22. The van der Waals surface area contributed by atoms with E-state index in [4.69, 9.17) is 4.74 Å². The Morgan fingerprint density at radius 3 is 2.78 bits per heavy atom. The lowest BCUT2D eigenvalue weighted by atomic mass is 9.91. The second kappa shape index (κ2) is 6.97. The number of phenols is 1. The van der Waals surface area contributed by atoms with Gasteiger partial charge in [-0.2, -0.15) is 0 Å². The summed E-state index contributed by atoms with van der Waals surface area (Å²) in [5, 5.41) is 13.0. The molecule has 1 aliphatic heterocycles. The summed E-state index contributed by atoms with van der Waals surface area (Å²) in [7, 11) is 3.38. The van der Waals surface area contributed by atoms with Gasteiger partial charge in [0, 0.05) is 19.5 Å². The third-order valence-electron chi connectivity index (χ3n) is 5.13. The Kier molecular flexibility index (Phi) is 5.42. The number of rotatable bonds is 4. The molecule has 2 N–H and O–H groups in total. The third kappa shape index (κ3) is 3.56. The first-order valence-electron chi connectivity index (χ1n) is 7.87. The number of ether oxygens (including phenoxy) is 1. The predicted octanol–water partition coefficient (Wildman–Crippen LogP) is 2.17. The van der Waals surface area contributed by atoms with Crippen molar-refractivity contribution in [1.82, 2.24) is 10.2 Å². The van der Waals surface area contributed by atoms with Gasteiger partial charge in [0.05, 0.1) is 7.11 Å². The van der Waals surface area contributed by atoms with Crippen molar-refractivity contribution in [3.8, 4) is 11.5 Å². The average Bonchev–Trinajstić information content (AvgIpc) is 3.22. The average molecular weight is 341 g/mol. The van der Waals surface area contributed by atoms with Gasteiger partial charge in [-0.25, -0.2) is 0 Å². The number of amides is 1. The van der Waals surface area contributed by atoms with Crippen LogP contribution >= 0.6 is 12.4 Å². The van der Waals surface area contributed by atoms with Gasteiger partial charge in [0.2, 0.25) is 5.91 Å². The first-order chi connectivity index (χ1) is 10.6. The number of hydrogen-bond donors (Lipinski definition) is 2. The maximum absolute atomic E-state index is 12.6. The Labute approximate surface area is 143 Å². The second-order valence-electron chi connectivity index (χ2n) is 6.57. The lowest BCUT2D eigenvalue weighted by Gasteiger charge is -2.25. The molecular formula is C17H25ClN2O3. The summed E-state index contributed by atoms with van der Waals surface area (Å²) in [4.78, 5) is 14.4. The molecule has 1 aliphatic carbocycles. The normalized spacial score (nSPS) is 21.4. The first kappa shape index (κ1) is 17.9. The van der Waals surface area contributed by atoms with Crippen LogP contribution in [0.5, 0.6) is 11.5 Å². The van der Waals surface area contributed by atoms with Gasteiger partial charge >= 0.3 is 0 Å². The Morgan fingerprint density at radius 1 is 1.43 bits per heavy atom. The molecule has 1 spiro atoms. The quantitative estimate of drug-likeness (QED) is 0.882. The number of aromatic hydroxyl groups is 1. The van der Waals surface area contributed by atoms with Gasteiger partial charge in [0.1, 0.15) is 0 Å². The molecule has 1 saturated carbocycles. The number of methoxy groups -OCH3 is 1. The van der Waals surface area contributed by atoms with Crippen LogP contribution in [0.15, 0.2) is 18.2 Å². The van der Waals surface area contributed by atoms with Crippen molar-refractivity contribution in [1.29, 1.82) is 0 Å². The van der Waals surface area contributed by atoms with Gasteiger partial charge in [0.25, 0.3) is 0 Å². The number of phenolic OH excluding ortho intramolecular Hbond substituents is 1. The Hall–Kier alpha value is -1.46. The largest absolute Gasteiger partial charge is 0.504 e. The van der Waals surface area contributed by atoms with Crippen LogP contribution in [-0.4, -0.2) is 43.2 Å². The maximum Gasteiger partial charge on any atom is 0.226 e. The summed E-state index contributed by atoms with van der Waals surface area (Å²) in [6.07, 6.45) is 3.27. The second-order valence-corrected chi connectivity index (χ2v) is 6.57. The zero-order valence-electron chi connectivity index (χ0n) is 13.7. The summed E-state index contributed by atoms with van der Waals surface area (Å²) >= 11 is 0. The van der Waals surface area contributed by atoms with Crippen LogP contribution < -0.4 is 10.1 Å². The van der Waals surface area contributed by atoms with Crippen molar-refractivity contribution in [2.45, 2.75) is 25.8 Å². The van der Waals surface area contributed by atoms with Crippen LogP contribution in [0.25, 0.3) is 0 Å². The summed E-state index contributed by atoms with van der Waals surface area (Å²) in [6.45, 7) is 2.60. The summed E-state index contributed by atoms with van der Waals surface area (Å²) < 4.78 is 5.12. The molecule has 1 unspecified atom stereocenters. The molecule has 1 aromatic carbocycles. The Bertz CT molecular complexity index is 573. The highest BCUT2D eigenvalue weighted by Gasteiger charge is 2.58. The topological polar surface area (TPSA) is 61.8 Å². The minimum absolute atomic E-state index is 0. The van der Waals surface area contributed by atoms with E-state index in [2.05, 4.69) is 5.32 Å². The highest BCUT2D eigenvalue weighted by atomic mass is 35.5. The lowest BCUT2D eigenvalue weighted by molar-refractivity contribution is -0.132. The summed E-state index contributed by atoms with van der Waals surface area (Å²) in [5.74, 6) is 1.00. The minimum atomic E-state index is 0. The highest BCUT2D eigenvalue weighted by Crippen LogP contribution is 2.59. The van der Waals surface area contributed by atoms with Crippen molar-refractivity contribution in [2.24, 2.45) is 11.3 Å². The molecule has 2 aliphatic rings.